The summed E-state index contributed by atoms with van der Waals surface area (Å²) in [5, 5.41) is 41.7. The van der Waals surface area contributed by atoms with Crippen molar-refractivity contribution in [1.82, 2.24) is 0 Å². The Labute approximate surface area is 228 Å². The number of rotatable bonds is 12. The van der Waals surface area contributed by atoms with E-state index >= 15 is 0 Å². The molecule has 4 N–H and O–H groups in total. The number of phenolic OH excluding ortho intramolecular Hbond substituents is 4. The summed E-state index contributed by atoms with van der Waals surface area (Å²) in [6.07, 6.45) is 16.9. The molecule has 204 valence electrons. The molecular formula is C34H44O4. The van der Waals surface area contributed by atoms with Crippen LogP contribution in [0.5, 0.6) is 23.0 Å². The maximum Gasteiger partial charge on any atom is 0.161 e. The molecule has 0 unspecified atom stereocenters. The molecule has 0 atom stereocenters. The number of phenols is 4. The second kappa shape index (κ2) is 14.9. The quantitative estimate of drug-likeness (QED) is 0.129. The SMILES string of the molecule is CC(C)=CCC/C(C)=C/Cc1cc(/C=C/c2cc(O)c(C/C=C(\C)CCC=C(C)C)c(O)c2)cc(O)c1O. The normalized spacial score (nSPS) is 12.2. The van der Waals surface area contributed by atoms with Crippen LogP contribution in [0.15, 0.2) is 70.9 Å². The molecule has 0 bridgehead atoms. The van der Waals surface area contributed by atoms with Gasteiger partial charge in [-0.3, -0.25) is 0 Å². The predicted octanol–water partition coefficient (Wildman–Crippen LogP) is 9.15. The zero-order chi connectivity index (χ0) is 28.2. The van der Waals surface area contributed by atoms with Crippen LogP contribution in [0, 0.1) is 0 Å². The maximum atomic E-state index is 10.6. The molecule has 4 nitrogen and oxygen atoms in total. The van der Waals surface area contributed by atoms with Crippen LogP contribution in [0.3, 0.4) is 0 Å². The van der Waals surface area contributed by atoms with Crippen LogP contribution in [0.25, 0.3) is 12.2 Å². The number of aromatic hydroxyl groups is 4. The highest BCUT2D eigenvalue weighted by Gasteiger charge is 2.10. The molecule has 0 saturated heterocycles. The molecule has 0 heterocycles. The summed E-state index contributed by atoms with van der Waals surface area (Å²) in [6, 6.07) is 6.58. The van der Waals surface area contributed by atoms with Crippen molar-refractivity contribution < 1.29 is 20.4 Å². The van der Waals surface area contributed by atoms with E-state index in [0.717, 1.165) is 25.7 Å². The fourth-order valence-electron chi connectivity index (χ4n) is 4.06. The Morgan fingerprint density at radius 1 is 0.579 bits per heavy atom. The molecule has 4 heteroatoms. The third-order valence-electron chi connectivity index (χ3n) is 6.39. The first kappa shape index (κ1) is 30.6. The molecule has 0 amide bonds. The van der Waals surface area contributed by atoms with E-state index in [4.69, 9.17) is 0 Å². The van der Waals surface area contributed by atoms with Crippen molar-refractivity contribution in [2.45, 2.75) is 80.1 Å². The molecule has 2 aromatic rings. The Bertz CT molecular complexity index is 1220. The van der Waals surface area contributed by atoms with E-state index in [2.05, 4.69) is 59.8 Å². The van der Waals surface area contributed by atoms with Gasteiger partial charge in [0.05, 0.1) is 0 Å². The smallest absolute Gasteiger partial charge is 0.161 e. The summed E-state index contributed by atoms with van der Waals surface area (Å²) >= 11 is 0. The summed E-state index contributed by atoms with van der Waals surface area (Å²) in [7, 11) is 0. The van der Waals surface area contributed by atoms with Gasteiger partial charge in [-0.05, 0) is 115 Å². The van der Waals surface area contributed by atoms with Crippen molar-refractivity contribution in [3.05, 3.63) is 93.1 Å². The van der Waals surface area contributed by atoms with Crippen molar-refractivity contribution >= 4 is 12.2 Å². The molecule has 0 aliphatic carbocycles. The fourth-order valence-corrected chi connectivity index (χ4v) is 4.06. The van der Waals surface area contributed by atoms with Crippen molar-refractivity contribution in [3.63, 3.8) is 0 Å². The average Bonchev–Trinajstić information content (AvgIpc) is 2.82. The Kier molecular flexibility index (Phi) is 12.0. The van der Waals surface area contributed by atoms with Gasteiger partial charge in [-0.25, -0.2) is 0 Å². The summed E-state index contributed by atoms with van der Waals surface area (Å²) in [5.74, 6) is -0.202. The van der Waals surface area contributed by atoms with Crippen LogP contribution >= 0.6 is 0 Å². The Hall–Kier alpha value is -3.66. The highest BCUT2D eigenvalue weighted by Crippen LogP contribution is 2.33. The van der Waals surface area contributed by atoms with E-state index in [1.54, 1.807) is 24.3 Å². The van der Waals surface area contributed by atoms with Crippen LogP contribution in [-0.4, -0.2) is 20.4 Å². The lowest BCUT2D eigenvalue weighted by atomic mass is 10.0. The number of hydrogen-bond donors (Lipinski definition) is 4. The van der Waals surface area contributed by atoms with Gasteiger partial charge in [0.15, 0.2) is 11.5 Å². The molecule has 0 radical (unpaired) electrons. The summed E-state index contributed by atoms with van der Waals surface area (Å²) < 4.78 is 0. The van der Waals surface area contributed by atoms with E-state index < -0.39 is 0 Å². The molecule has 38 heavy (non-hydrogen) atoms. The van der Waals surface area contributed by atoms with Crippen LogP contribution < -0.4 is 0 Å². The molecule has 0 saturated carbocycles. The third kappa shape index (κ3) is 10.4. The van der Waals surface area contributed by atoms with E-state index in [1.165, 1.54) is 28.4 Å². The molecule has 2 aromatic carbocycles. The second-order valence-corrected chi connectivity index (χ2v) is 10.6. The first-order chi connectivity index (χ1) is 18.0. The minimum Gasteiger partial charge on any atom is -0.507 e. The van der Waals surface area contributed by atoms with Crippen molar-refractivity contribution in [3.8, 4) is 23.0 Å². The molecule has 0 fully saturated rings. The number of hydrogen-bond acceptors (Lipinski definition) is 4. The van der Waals surface area contributed by atoms with Crippen LogP contribution in [-0.2, 0) is 12.8 Å². The molecule has 0 aliphatic rings. The largest absolute Gasteiger partial charge is 0.507 e. The zero-order valence-corrected chi connectivity index (χ0v) is 23.8. The van der Waals surface area contributed by atoms with Gasteiger partial charge in [-0.15, -0.1) is 0 Å². The monoisotopic (exact) mass is 516 g/mol. The van der Waals surface area contributed by atoms with E-state index in [0.29, 0.717) is 35.1 Å². The first-order valence-electron chi connectivity index (χ1n) is 13.3. The molecule has 0 spiro atoms. The van der Waals surface area contributed by atoms with Gasteiger partial charge in [-0.1, -0.05) is 58.7 Å². The number of allylic oxidation sites excluding steroid dienone is 8. The van der Waals surface area contributed by atoms with Crippen molar-refractivity contribution in [2.75, 3.05) is 0 Å². The van der Waals surface area contributed by atoms with Gasteiger partial charge < -0.3 is 20.4 Å². The van der Waals surface area contributed by atoms with Gasteiger partial charge in [0.1, 0.15) is 11.5 Å². The highest BCUT2D eigenvalue weighted by atomic mass is 16.3. The van der Waals surface area contributed by atoms with Crippen LogP contribution in [0.4, 0.5) is 0 Å². The topological polar surface area (TPSA) is 80.9 Å². The van der Waals surface area contributed by atoms with Gasteiger partial charge in [-0.2, -0.15) is 0 Å². The lowest BCUT2D eigenvalue weighted by molar-refractivity contribution is 0.400. The van der Waals surface area contributed by atoms with Crippen molar-refractivity contribution in [1.29, 1.82) is 0 Å². The lowest BCUT2D eigenvalue weighted by Crippen LogP contribution is -1.89. The Balaban J connectivity index is 2.14. The van der Waals surface area contributed by atoms with Crippen LogP contribution in [0.2, 0.25) is 0 Å². The molecule has 2 rings (SSSR count). The van der Waals surface area contributed by atoms with Gasteiger partial charge in [0.2, 0.25) is 0 Å². The minimum absolute atomic E-state index is 0.0426. The Morgan fingerprint density at radius 3 is 1.53 bits per heavy atom. The first-order valence-corrected chi connectivity index (χ1v) is 13.3. The summed E-state index contributed by atoms with van der Waals surface area (Å²) in [4.78, 5) is 0. The summed E-state index contributed by atoms with van der Waals surface area (Å²) in [5.41, 5.74) is 7.53. The van der Waals surface area contributed by atoms with E-state index in [-0.39, 0.29) is 23.0 Å². The molecule has 0 aromatic heterocycles. The third-order valence-corrected chi connectivity index (χ3v) is 6.39. The highest BCUT2D eigenvalue weighted by molar-refractivity contribution is 5.73. The van der Waals surface area contributed by atoms with Crippen molar-refractivity contribution in [2.24, 2.45) is 0 Å². The predicted molar refractivity (Wildman–Crippen MR) is 161 cm³/mol. The second-order valence-electron chi connectivity index (χ2n) is 10.6. The zero-order valence-electron chi connectivity index (χ0n) is 23.8. The van der Waals surface area contributed by atoms with Gasteiger partial charge in [0.25, 0.3) is 0 Å². The van der Waals surface area contributed by atoms with Gasteiger partial charge in [0, 0.05) is 11.1 Å². The standard InChI is InChI=1S/C34H44O4/c1-23(2)9-7-11-25(5)13-17-29-19-27(22-33(37)34(29)38)15-16-28-20-31(35)30(32(36)21-28)18-14-26(6)12-8-10-24(3)4/h9-10,13-16,19-22,35-38H,7-8,11-12,17-18H2,1-6H3/b16-15+,25-13+,26-14+. The number of benzene rings is 2. The van der Waals surface area contributed by atoms with E-state index in [9.17, 15) is 20.4 Å². The van der Waals surface area contributed by atoms with E-state index in [1.807, 2.05) is 12.1 Å². The van der Waals surface area contributed by atoms with Crippen LogP contribution in [0.1, 0.15) is 89.5 Å². The minimum atomic E-state index is -0.175. The average molecular weight is 517 g/mol. The molecular weight excluding hydrogens is 472 g/mol. The summed E-state index contributed by atoms with van der Waals surface area (Å²) in [6.45, 7) is 12.5. The lowest BCUT2D eigenvalue weighted by Gasteiger charge is -2.09. The Morgan fingerprint density at radius 2 is 1.03 bits per heavy atom. The van der Waals surface area contributed by atoms with Gasteiger partial charge >= 0.3 is 0 Å². The fraction of sp³-hybridized carbons (Fsp3) is 0.353. The maximum absolute atomic E-state index is 10.6. The molecule has 0 aliphatic heterocycles.